The molecule has 2 bridgehead atoms. The van der Waals surface area contributed by atoms with Crippen LogP contribution in [0.2, 0.25) is 0 Å². The Morgan fingerprint density at radius 1 is 1.15 bits per heavy atom. The van der Waals surface area contributed by atoms with E-state index in [4.69, 9.17) is 0 Å². The van der Waals surface area contributed by atoms with Gasteiger partial charge in [0.2, 0.25) is 10.0 Å². The number of nitrogens with one attached hydrogen (secondary N) is 1. The van der Waals surface area contributed by atoms with Crippen molar-refractivity contribution >= 4 is 16.0 Å². The summed E-state index contributed by atoms with van der Waals surface area (Å²) >= 11 is 0. The quantitative estimate of drug-likeness (QED) is 0.336. The zero-order chi connectivity index (χ0) is 18.6. The maximum absolute atomic E-state index is 12.7. The topological polar surface area (TPSA) is 86.3 Å². The van der Waals surface area contributed by atoms with Gasteiger partial charge >= 0.3 is 29.6 Å². The van der Waals surface area contributed by atoms with E-state index in [1.807, 2.05) is 12.1 Å². The molecule has 0 radical (unpaired) electrons. The number of carbonyl (C=O) groups is 1. The number of carboxylic acid groups (broad SMARTS) is 1. The summed E-state index contributed by atoms with van der Waals surface area (Å²) in [7, 11) is -3.49. The van der Waals surface area contributed by atoms with Crippen LogP contribution in [0.25, 0.3) is 0 Å². The Hall–Kier alpha value is -0.660. The van der Waals surface area contributed by atoms with E-state index < -0.39 is 16.0 Å². The molecule has 0 amide bonds. The maximum atomic E-state index is 12.7. The third-order valence-electron chi connectivity index (χ3n) is 5.76. The normalized spacial score (nSPS) is 27.0. The minimum atomic E-state index is -3.49. The summed E-state index contributed by atoms with van der Waals surface area (Å²) < 4.78 is 28.4. The summed E-state index contributed by atoms with van der Waals surface area (Å²) in [5, 5.41) is 10.4. The monoisotopic (exact) mass is 399 g/mol. The zero-order valence-corrected chi connectivity index (χ0v) is 18.7. The van der Waals surface area contributed by atoms with Crippen LogP contribution in [-0.2, 0) is 14.8 Å². The predicted molar refractivity (Wildman–Crippen MR) is 97.5 cm³/mol. The van der Waals surface area contributed by atoms with Gasteiger partial charge in [0.05, 0.1) is 4.90 Å². The first-order valence-corrected chi connectivity index (χ1v) is 10.9. The molecule has 142 valence electrons. The second-order valence-corrected chi connectivity index (χ2v) is 9.14. The Morgan fingerprint density at radius 2 is 1.85 bits per heavy atom. The van der Waals surface area contributed by atoms with E-state index in [1.54, 1.807) is 24.3 Å². The maximum Gasteiger partial charge on any atom is 1.00 e. The first-order valence-electron chi connectivity index (χ1n) is 9.39. The molecule has 7 heteroatoms. The van der Waals surface area contributed by atoms with Gasteiger partial charge < -0.3 is 9.90 Å². The van der Waals surface area contributed by atoms with E-state index in [1.165, 1.54) is 6.42 Å². The summed E-state index contributed by atoms with van der Waals surface area (Å²) in [5.41, 5.74) is 0. The smallest absolute Gasteiger partial charge is 0.550 e. The molecule has 1 aromatic rings. The summed E-state index contributed by atoms with van der Waals surface area (Å²) in [6, 6.07) is 8.53. The summed E-state index contributed by atoms with van der Waals surface area (Å²) in [6.45, 7) is 0. The number of sulfonamides is 1. The van der Waals surface area contributed by atoms with Crippen molar-refractivity contribution in [2.75, 3.05) is 0 Å². The average molecular weight is 399 g/mol. The van der Waals surface area contributed by atoms with E-state index in [0.717, 1.165) is 25.7 Å². The molecule has 0 unspecified atom stereocenters. The molecule has 27 heavy (non-hydrogen) atoms. The molecule has 2 saturated carbocycles. The molecule has 3 rings (SSSR count). The van der Waals surface area contributed by atoms with Crippen molar-refractivity contribution in [3.8, 4) is 0 Å². The number of carboxylic acids is 1. The van der Waals surface area contributed by atoms with Gasteiger partial charge in [-0.05, 0) is 74.8 Å². The Labute approximate surface area is 184 Å². The van der Waals surface area contributed by atoms with Crippen LogP contribution in [0.3, 0.4) is 0 Å². The predicted octanol–water partition coefficient (Wildman–Crippen LogP) is -0.750. The number of carbonyl (C=O) groups excluding carboxylic acids is 1. The zero-order valence-electron chi connectivity index (χ0n) is 15.8. The van der Waals surface area contributed by atoms with Gasteiger partial charge in [-0.15, -0.1) is 0 Å². The standard InChI is InChI=1S/C20H27NO4S.Na/c22-19(23)11-7-2-1-6-10-18-15-12-13-16(14-15)20(18)21-26(24,25)17-8-4-3-5-9-17;/h1,3-6,8-9,15-16,18,20-21H,2,7,10-14H2,(H,22,23);/q;+1/p-1/b6-1+;/t15-,16+,18-,20+;/m1./s1. The summed E-state index contributed by atoms with van der Waals surface area (Å²) in [5.74, 6) is 0.317. The van der Waals surface area contributed by atoms with Crippen molar-refractivity contribution < 1.29 is 47.9 Å². The first kappa shape index (κ1) is 22.6. The van der Waals surface area contributed by atoms with Crippen LogP contribution in [0.5, 0.6) is 0 Å². The molecule has 0 aliphatic heterocycles. The summed E-state index contributed by atoms with van der Waals surface area (Å²) in [6.07, 6.45) is 9.70. The van der Waals surface area contributed by atoms with E-state index in [-0.39, 0.29) is 42.0 Å². The molecule has 0 heterocycles. The molecular formula is C20H26NNaO4S. The van der Waals surface area contributed by atoms with Gasteiger partial charge in [-0.3, -0.25) is 0 Å². The van der Waals surface area contributed by atoms with Crippen LogP contribution in [0.1, 0.15) is 44.9 Å². The molecule has 0 saturated heterocycles. The fourth-order valence-electron chi connectivity index (χ4n) is 4.52. The van der Waals surface area contributed by atoms with Crippen LogP contribution in [-0.4, -0.2) is 20.4 Å². The molecule has 0 aromatic heterocycles. The van der Waals surface area contributed by atoms with Gasteiger partial charge in [0.15, 0.2) is 0 Å². The molecule has 1 aromatic carbocycles. The Balaban J connectivity index is 0.00000261. The average Bonchev–Trinajstić information content (AvgIpc) is 3.20. The molecule has 1 N–H and O–H groups in total. The van der Waals surface area contributed by atoms with Gasteiger partial charge in [0, 0.05) is 12.0 Å². The number of hydrogen-bond acceptors (Lipinski definition) is 4. The fourth-order valence-corrected chi connectivity index (χ4v) is 5.89. The number of unbranched alkanes of at least 4 members (excludes halogenated alkanes) is 1. The number of fused-ring (bicyclic) bond motifs is 2. The van der Waals surface area contributed by atoms with Gasteiger partial charge in [0.25, 0.3) is 0 Å². The second-order valence-electron chi connectivity index (χ2n) is 7.43. The largest absolute Gasteiger partial charge is 1.00 e. The van der Waals surface area contributed by atoms with Gasteiger partial charge in [-0.1, -0.05) is 30.4 Å². The summed E-state index contributed by atoms with van der Waals surface area (Å²) in [4.78, 5) is 10.7. The molecule has 0 spiro atoms. The Morgan fingerprint density at radius 3 is 2.56 bits per heavy atom. The molecule has 2 aliphatic carbocycles. The van der Waals surface area contributed by atoms with Crippen molar-refractivity contribution in [2.24, 2.45) is 17.8 Å². The number of rotatable bonds is 9. The van der Waals surface area contributed by atoms with E-state index in [2.05, 4.69) is 10.8 Å². The Bertz CT molecular complexity index is 751. The van der Waals surface area contributed by atoms with Crippen LogP contribution in [0, 0.1) is 17.8 Å². The van der Waals surface area contributed by atoms with Crippen LogP contribution in [0.4, 0.5) is 0 Å². The van der Waals surface area contributed by atoms with Gasteiger partial charge in [0.1, 0.15) is 0 Å². The van der Waals surface area contributed by atoms with Crippen molar-refractivity contribution in [2.45, 2.75) is 55.9 Å². The van der Waals surface area contributed by atoms with E-state index in [0.29, 0.717) is 29.1 Å². The number of hydrogen-bond donors (Lipinski definition) is 1. The van der Waals surface area contributed by atoms with Crippen LogP contribution < -0.4 is 39.4 Å². The molecule has 2 fully saturated rings. The third kappa shape index (κ3) is 5.91. The molecule has 2 aliphatic rings. The van der Waals surface area contributed by atoms with Crippen LogP contribution in [0.15, 0.2) is 47.4 Å². The van der Waals surface area contributed by atoms with Crippen LogP contribution >= 0.6 is 0 Å². The van der Waals surface area contributed by atoms with Crippen molar-refractivity contribution in [1.29, 1.82) is 0 Å². The SMILES string of the molecule is O=C([O-])CCC/C=C/C[C@@H]1[C@@H]2CC[C@@H](C2)[C@@H]1NS(=O)(=O)c1ccccc1.[Na+]. The molecular weight excluding hydrogens is 373 g/mol. The first-order chi connectivity index (χ1) is 12.5. The molecule has 5 nitrogen and oxygen atoms in total. The minimum Gasteiger partial charge on any atom is -0.550 e. The number of aliphatic carboxylic acids is 1. The van der Waals surface area contributed by atoms with Crippen molar-refractivity contribution in [3.63, 3.8) is 0 Å². The fraction of sp³-hybridized carbons (Fsp3) is 0.550. The molecule has 4 atom stereocenters. The Kier molecular flexibility index (Phi) is 8.56. The van der Waals surface area contributed by atoms with E-state index >= 15 is 0 Å². The number of benzene rings is 1. The van der Waals surface area contributed by atoms with E-state index in [9.17, 15) is 18.3 Å². The minimum absolute atomic E-state index is 0. The van der Waals surface area contributed by atoms with Gasteiger partial charge in [-0.25, -0.2) is 13.1 Å². The van der Waals surface area contributed by atoms with Crippen molar-refractivity contribution in [1.82, 2.24) is 4.72 Å². The van der Waals surface area contributed by atoms with Crippen molar-refractivity contribution in [3.05, 3.63) is 42.5 Å². The second kappa shape index (κ2) is 10.2. The van der Waals surface area contributed by atoms with Gasteiger partial charge in [-0.2, -0.15) is 0 Å². The third-order valence-corrected chi connectivity index (χ3v) is 7.23. The number of allylic oxidation sites excluding steroid dienone is 2.